The number of unbranched alkanes of at least 4 members (excludes halogenated alkanes) is 8. The number of rotatable bonds is 12. The lowest BCUT2D eigenvalue weighted by Crippen LogP contribution is -2.30. The van der Waals surface area contributed by atoms with Crippen LogP contribution >= 0.6 is 0 Å². The second-order valence-electron chi connectivity index (χ2n) is 6.64. The average Bonchev–Trinajstić information content (AvgIpc) is 3.01. The van der Waals surface area contributed by atoms with E-state index in [-0.39, 0.29) is 0 Å². The first-order valence-electron chi connectivity index (χ1n) is 9.47. The first-order chi connectivity index (χ1) is 11.4. The highest BCUT2D eigenvalue weighted by atomic mass is 15.1. The molecule has 0 aliphatic heterocycles. The van der Waals surface area contributed by atoms with Crippen molar-refractivity contribution in [3.05, 3.63) is 54.6 Å². The van der Waals surface area contributed by atoms with E-state index < -0.39 is 0 Å². The highest BCUT2D eigenvalue weighted by Crippen LogP contribution is 2.09. The van der Waals surface area contributed by atoms with E-state index in [1.165, 1.54) is 63.4 Å². The normalized spacial score (nSPS) is 11.0. The second kappa shape index (κ2) is 11.0. The molecule has 0 saturated carbocycles. The van der Waals surface area contributed by atoms with Gasteiger partial charge in [-0.25, -0.2) is 9.13 Å². The third-order valence-electron chi connectivity index (χ3n) is 4.47. The lowest BCUT2D eigenvalue weighted by atomic mass is 10.1. The van der Waals surface area contributed by atoms with E-state index in [4.69, 9.17) is 0 Å². The third-order valence-corrected chi connectivity index (χ3v) is 4.47. The van der Waals surface area contributed by atoms with E-state index in [0.29, 0.717) is 0 Å². The standard InChI is InChI=1S/C21H33N2/c1-2-3-4-5-6-7-8-9-13-16-22-17-18-23(20-22)19-21-14-11-10-12-15-21/h10-12,14-15,17-18,20H,2-9,13,16,19H2,1H3/q+1. The van der Waals surface area contributed by atoms with E-state index in [1.807, 2.05) is 0 Å². The zero-order chi connectivity index (χ0) is 16.2. The molecule has 2 rings (SSSR count). The van der Waals surface area contributed by atoms with E-state index in [2.05, 4.69) is 65.1 Å². The summed E-state index contributed by atoms with van der Waals surface area (Å²) in [5.41, 5.74) is 1.36. The van der Waals surface area contributed by atoms with Crippen molar-refractivity contribution in [2.24, 2.45) is 0 Å². The minimum Gasteiger partial charge on any atom is -0.237 e. The van der Waals surface area contributed by atoms with Crippen molar-refractivity contribution in [2.75, 3.05) is 0 Å². The van der Waals surface area contributed by atoms with Gasteiger partial charge in [0.05, 0.1) is 6.54 Å². The molecule has 0 atom stereocenters. The maximum Gasteiger partial charge on any atom is 0.244 e. The highest BCUT2D eigenvalue weighted by molar-refractivity contribution is 5.14. The Hall–Kier alpha value is -1.57. The second-order valence-corrected chi connectivity index (χ2v) is 6.64. The van der Waals surface area contributed by atoms with Gasteiger partial charge in [0.25, 0.3) is 0 Å². The van der Waals surface area contributed by atoms with Crippen LogP contribution in [0.3, 0.4) is 0 Å². The largest absolute Gasteiger partial charge is 0.244 e. The molecular weight excluding hydrogens is 280 g/mol. The highest BCUT2D eigenvalue weighted by Gasteiger charge is 2.04. The molecule has 0 spiro atoms. The Labute approximate surface area is 142 Å². The Morgan fingerprint density at radius 1 is 0.826 bits per heavy atom. The van der Waals surface area contributed by atoms with Gasteiger partial charge in [-0.3, -0.25) is 0 Å². The van der Waals surface area contributed by atoms with E-state index >= 15 is 0 Å². The fraction of sp³-hybridized carbons (Fsp3) is 0.571. The van der Waals surface area contributed by atoms with Crippen LogP contribution in [0.25, 0.3) is 0 Å². The van der Waals surface area contributed by atoms with Crippen molar-refractivity contribution in [3.8, 4) is 0 Å². The van der Waals surface area contributed by atoms with Gasteiger partial charge in [-0.2, -0.15) is 0 Å². The monoisotopic (exact) mass is 313 g/mol. The maximum atomic E-state index is 2.32. The molecule has 0 radical (unpaired) electrons. The fourth-order valence-corrected chi connectivity index (χ4v) is 3.06. The Morgan fingerprint density at radius 2 is 1.48 bits per heavy atom. The Balaban J connectivity index is 1.55. The van der Waals surface area contributed by atoms with Crippen LogP contribution < -0.4 is 4.57 Å². The first kappa shape index (κ1) is 17.8. The molecule has 1 heterocycles. The van der Waals surface area contributed by atoms with Crippen LogP contribution in [0.4, 0.5) is 0 Å². The van der Waals surface area contributed by atoms with Gasteiger partial charge in [-0.1, -0.05) is 82.2 Å². The smallest absolute Gasteiger partial charge is 0.237 e. The number of hydrogen-bond donors (Lipinski definition) is 0. The Morgan fingerprint density at radius 3 is 2.17 bits per heavy atom. The Bertz CT molecular complexity index is 516. The van der Waals surface area contributed by atoms with Gasteiger partial charge in [0, 0.05) is 0 Å². The molecule has 0 aliphatic carbocycles. The molecule has 2 aromatic rings. The molecule has 0 saturated heterocycles. The van der Waals surface area contributed by atoms with Crippen LogP contribution in [0.2, 0.25) is 0 Å². The molecule has 1 aromatic carbocycles. The topological polar surface area (TPSA) is 8.81 Å². The summed E-state index contributed by atoms with van der Waals surface area (Å²) >= 11 is 0. The molecule has 1 aromatic heterocycles. The fourth-order valence-electron chi connectivity index (χ4n) is 3.06. The van der Waals surface area contributed by atoms with Crippen LogP contribution in [0.1, 0.15) is 70.3 Å². The first-order valence-corrected chi connectivity index (χ1v) is 9.47. The van der Waals surface area contributed by atoms with Crippen molar-refractivity contribution < 1.29 is 4.57 Å². The Kier molecular flexibility index (Phi) is 8.53. The van der Waals surface area contributed by atoms with Crippen LogP contribution in [0.15, 0.2) is 49.1 Å². The summed E-state index contributed by atoms with van der Waals surface area (Å²) in [7, 11) is 0. The summed E-state index contributed by atoms with van der Waals surface area (Å²) in [5, 5.41) is 0. The number of hydrogen-bond acceptors (Lipinski definition) is 0. The van der Waals surface area contributed by atoms with Gasteiger partial charge < -0.3 is 0 Å². The minimum atomic E-state index is 0.964. The lowest BCUT2D eigenvalue weighted by Gasteiger charge is -2.01. The number of aryl methyl sites for hydroxylation is 1. The van der Waals surface area contributed by atoms with Crippen LogP contribution in [-0.2, 0) is 13.1 Å². The SMILES string of the molecule is CCCCCCCCCCC[n+]1ccn(Cc2ccccc2)c1. The van der Waals surface area contributed by atoms with Crippen molar-refractivity contribution in [1.82, 2.24) is 4.57 Å². The molecule has 126 valence electrons. The summed E-state index contributed by atoms with van der Waals surface area (Å²) in [6.07, 6.45) is 19.2. The van der Waals surface area contributed by atoms with Gasteiger partial charge in [-0.15, -0.1) is 0 Å². The number of nitrogens with zero attached hydrogens (tertiary/aromatic N) is 2. The lowest BCUT2D eigenvalue weighted by molar-refractivity contribution is -0.696. The molecule has 2 heteroatoms. The van der Waals surface area contributed by atoms with Crippen molar-refractivity contribution in [1.29, 1.82) is 0 Å². The van der Waals surface area contributed by atoms with Crippen LogP contribution in [0.5, 0.6) is 0 Å². The molecule has 23 heavy (non-hydrogen) atoms. The van der Waals surface area contributed by atoms with E-state index in [1.54, 1.807) is 0 Å². The van der Waals surface area contributed by atoms with Gasteiger partial charge in [0.15, 0.2) is 0 Å². The van der Waals surface area contributed by atoms with E-state index in [9.17, 15) is 0 Å². The van der Waals surface area contributed by atoms with Crippen molar-refractivity contribution in [3.63, 3.8) is 0 Å². The average molecular weight is 314 g/mol. The summed E-state index contributed by atoms with van der Waals surface area (Å²) in [4.78, 5) is 0. The predicted octanol–water partition coefficient (Wildman–Crippen LogP) is 5.35. The maximum absolute atomic E-state index is 2.32. The van der Waals surface area contributed by atoms with Gasteiger partial charge in [0.2, 0.25) is 6.33 Å². The zero-order valence-corrected chi connectivity index (χ0v) is 14.8. The van der Waals surface area contributed by atoms with Gasteiger partial charge in [-0.05, 0) is 18.4 Å². The molecule has 0 bridgehead atoms. The summed E-state index contributed by atoms with van der Waals surface area (Å²) < 4.78 is 4.59. The van der Waals surface area contributed by atoms with Crippen LogP contribution in [-0.4, -0.2) is 4.57 Å². The zero-order valence-electron chi connectivity index (χ0n) is 14.8. The summed E-state index contributed by atoms with van der Waals surface area (Å²) in [6, 6.07) is 10.7. The minimum absolute atomic E-state index is 0.964. The van der Waals surface area contributed by atoms with Crippen molar-refractivity contribution >= 4 is 0 Å². The molecular formula is C21H33N2+. The van der Waals surface area contributed by atoms with E-state index in [0.717, 1.165) is 13.1 Å². The molecule has 0 fully saturated rings. The molecule has 0 amide bonds. The molecule has 0 unspecified atom stereocenters. The number of benzene rings is 1. The third kappa shape index (κ3) is 7.49. The molecule has 0 aliphatic rings. The summed E-state index contributed by atoms with van der Waals surface area (Å²) in [6.45, 7) is 4.40. The van der Waals surface area contributed by atoms with Crippen LogP contribution in [0, 0.1) is 0 Å². The predicted molar refractivity (Wildman–Crippen MR) is 97.4 cm³/mol. The molecule has 2 nitrogen and oxygen atoms in total. The van der Waals surface area contributed by atoms with Gasteiger partial charge >= 0.3 is 0 Å². The number of imidazole rings is 1. The van der Waals surface area contributed by atoms with Crippen molar-refractivity contribution in [2.45, 2.75) is 77.8 Å². The van der Waals surface area contributed by atoms with Gasteiger partial charge in [0.1, 0.15) is 18.9 Å². The number of aromatic nitrogens is 2. The molecule has 0 N–H and O–H groups in total. The quantitative estimate of drug-likeness (QED) is 0.369. The summed E-state index contributed by atoms with van der Waals surface area (Å²) in [5.74, 6) is 0.